The summed E-state index contributed by atoms with van der Waals surface area (Å²) in [4.78, 5) is 13.0. The molecule has 0 fully saturated rings. The van der Waals surface area contributed by atoms with Crippen LogP contribution in [0.25, 0.3) is 0 Å². The van der Waals surface area contributed by atoms with Crippen molar-refractivity contribution in [3.63, 3.8) is 0 Å². The van der Waals surface area contributed by atoms with E-state index in [2.05, 4.69) is 21.2 Å². The van der Waals surface area contributed by atoms with Gasteiger partial charge in [-0.2, -0.15) is 0 Å². The Morgan fingerprint density at radius 3 is 2.84 bits per heavy atom. The predicted octanol–water partition coefficient (Wildman–Crippen LogP) is 3.21. The van der Waals surface area contributed by atoms with Crippen LogP contribution in [0.1, 0.15) is 26.7 Å². The molecule has 0 saturated carbocycles. The van der Waals surface area contributed by atoms with Crippen molar-refractivity contribution >= 4 is 33.6 Å². The Morgan fingerprint density at radius 1 is 1.53 bits per heavy atom. The first-order chi connectivity index (χ1) is 8.99. The second kappa shape index (κ2) is 7.92. The van der Waals surface area contributed by atoms with Gasteiger partial charge in [-0.1, -0.05) is 28.9 Å². The van der Waals surface area contributed by atoms with Crippen LogP contribution in [-0.4, -0.2) is 28.9 Å². The van der Waals surface area contributed by atoms with E-state index < -0.39 is 0 Å². The normalized spacial score (nSPS) is 13.9. The van der Waals surface area contributed by atoms with E-state index >= 15 is 0 Å². The van der Waals surface area contributed by atoms with Gasteiger partial charge >= 0.3 is 0 Å². The fourth-order valence-electron chi connectivity index (χ4n) is 1.65. The highest BCUT2D eigenvalue weighted by Gasteiger charge is 2.23. The molecule has 0 aliphatic rings. The summed E-state index contributed by atoms with van der Waals surface area (Å²) in [5, 5.41) is 12.0. The van der Waals surface area contributed by atoms with Gasteiger partial charge in [0, 0.05) is 21.5 Å². The van der Waals surface area contributed by atoms with Crippen LogP contribution in [0.15, 0.2) is 33.6 Å². The van der Waals surface area contributed by atoms with Crippen LogP contribution in [0.3, 0.4) is 0 Å². The molecule has 5 heteroatoms. The Balaban J connectivity index is 2.47. The van der Waals surface area contributed by atoms with E-state index in [0.717, 1.165) is 15.8 Å². The van der Waals surface area contributed by atoms with E-state index in [1.165, 1.54) is 11.8 Å². The second-order valence-corrected chi connectivity index (χ2v) is 6.65. The minimum atomic E-state index is -0.316. The predicted molar refractivity (Wildman–Crippen MR) is 83.4 cm³/mol. The van der Waals surface area contributed by atoms with Crippen LogP contribution < -0.4 is 5.32 Å². The molecular formula is C14H20BrNO2S. The van der Waals surface area contributed by atoms with Crippen LogP contribution in [0.4, 0.5) is 0 Å². The van der Waals surface area contributed by atoms with Gasteiger partial charge in [-0.25, -0.2) is 0 Å². The molecule has 1 aromatic rings. The first-order valence-electron chi connectivity index (χ1n) is 6.29. The van der Waals surface area contributed by atoms with Gasteiger partial charge in [0.15, 0.2) is 0 Å². The van der Waals surface area contributed by atoms with Gasteiger partial charge < -0.3 is 10.4 Å². The van der Waals surface area contributed by atoms with Crippen molar-refractivity contribution in [1.29, 1.82) is 0 Å². The van der Waals surface area contributed by atoms with E-state index in [9.17, 15) is 4.79 Å². The first kappa shape index (κ1) is 16.5. The van der Waals surface area contributed by atoms with Crippen LogP contribution in [0.5, 0.6) is 0 Å². The maximum Gasteiger partial charge on any atom is 0.230 e. The molecule has 3 nitrogen and oxygen atoms in total. The summed E-state index contributed by atoms with van der Waals surface area (Å²) in [5.41, 5.74) is -0.316. The molecule has 0 aliphatic carbocycles. The molecule has 2 N–H and O–H groups in total. The lowest BCUT2D eigenvalue weighted by Crippen LogP contribution is -2.46. The Hall–Kier alpha value is -0.520. The zero-order valence-electron chi connectivity index (χ0n) is 11.3. The average Bonchev–Trinajstić information content (AvgIpc) is 2.37. The monoisotopic (exact) mass is 345 g/mol. The number of aliphatic hydroxyl groups is 1. The van der Waals surface area contributed by atoms with Crippen LogP contribution >= 0.6 is 27.7 Å². The van der Waals surface area contributed by atoms with Gasteiger partial charge in [-0.05, 0) is 38.0 Å². The van der Waals surface area contributed by atoms with Crippen molar-refractivity contribution in [2.75, 3.05) is 12.4 Å². The lowest BCUT2D eigenvalue weighted by molar-refractivity contribution is -0.120. The van der Waals surface area contributed by atoms with Crippen molar-refractivity contribution in [3.05, 3.63) is 28.7 Å². The molecule has 106 valence electrons. The topological polar surface area (TPSA) is 49.3 Å². The molecule has 1 aromatic carbocycles. The Bertz CT molecular complexity index is 428. The maximum absolute atomic E-state index is 11.9. The fraction of sp³-hybridized carbons (Fsp3) is 0.500. The van der Waals surface area contributed by atoms with Crippen LogP contribution in [-0.2, 0) is 4.79 Å². The number of aliphatic hydroxyl groups excluding tert-OH is 1. The number of nitrogens with one attached hydrogen (secondary N) is 1. The third kappa shape index (κ3) is 5.97. The molecule has 0 aliphatic heterocycles. The molecule has 0 aromatic heterocycles. The summed E-state index contributed by atoms with van der Waals surface area (Å²) in [7, 11) is 0. The smallest absolute Gasteiger partial charge is 0.230 e. The molecule has 0 radical (unpaired) electrons. The minimum absolute atomic E-state index is 0.00257. The molecule has 1 atom stereocenters. The molecule has 1 unspecified atom stereocenters. The van der Waals surface area contributed by atoms with Crippen molar-refractivity contribution in [2.24, 2.45) is 0 Å². The van der Waals surface area contributed by atoms with Gasteiger partial charge in [0.2, 0.25) is 5.91 Å². The van der Waals surface area contributed by atoms with Gasteiger partial charge in [-0.15, -0.1) is 11.8 Å². The molecule has 1 rings (SSSR count). The molecule has 0 heterocycles. The van der Waals surface area contributed by atoms with E-state index in [0.29, 0.717) is 12.2 Å². The molecule has 0 bridgehead atoms. The number of amides is 1. The van der Waals surface area contributed by atoms with E-state index in [1.807, 2.05) is 38.1 Å². The van der Waals surface area contributed by atoms with Crippen molar-refractivity contribution in [1.82, 2.24) is 5.32 Å². The number of benzene rings is 1. The summed E-state index contributed by atoms with van der Waals surface area (Å²) in [6, 6.07) is 7.88. The fourth-order valence-corrected chi connectivity index (χ4v) is 2.96. The zero-order chi connectivity index (χ0) is 14.3. The van der Waals surface area contributed by atoms with E-state index in [1.54, 1.807) is 0 Å². The highest BCUT2D eigenvalue weighted by Crippen LogP contribution is 2.22. The van der Waals surface area contributed by atoms with Crippen LogP contribution in [0, 0.1) is 0 Å². The quantitative estimate of drug-likeness (QED) is 0.746. The Morgan fingerprint density at radius 2 is 2.26 bits per heavy atom. The SMILES string of the molecule is CCC(C)(CCO)NC(=O)CSc1cccc(Br)c1. The number of carbonyl (C=O) groups excluding carboxylic acids is 1. The number of hydrogen-bond donors (Lipinski definition) is 2. The summed E-state index contributed by atoms with van der Waals surface area (Å²) in [6.45, 7) is 4.06. The third-order valence-electron chi connectivity index (χ3n) is 3.05. The Labute approximate surface area is 127 Å². The number of thioether (sulfide) groups is 1. The molecule has 19 heavy (non-hydrogen) atoms. The minimum Gasteiger partial charge on any atom is -0.396 e. The van der Waals surface area contributed by atoms with Gasteiger partial charge in [-0.3, -0.25) is 4.79 Å². The molecule has 0 spiro atoms. The summed E-state index contributed by atoms with van der Waals surface area (Å²) >= 11 is 4.92. The van der Waals surface area contributed by atoms with E-state index in [-0.39, 0.29) is 18.1 Å². The summed E-state index contributed by atoms with van der Waals surface area (Å²) < 4.78 is 1.01. The number of carbonyl (C=O) groups is 1. The summed E-state index contributed by atoms with van der Waals surface area (Å²) in [6.07, 6.45) is 1.39. The second-order valence-electron chi connectivity index (χ2n) is 4.68. The summed E-state index contributed by atoms with van der Waals surface area (Å²) in [5.74, 6) is 0.389. The number of halogens is 1. The first-order valence-corrected chi connectivity index (χ1v) is 8.07. The molecule has 0 saturated heterocycles. The van der Waals surface area contributed by atoms with Crippen LogP contribution in [0.2, 0.25) is 0 Å². The van der Waals surface area contributed by atoms with Crippen molar-refractivity contribution < 1.29 is 9.90 Å². The molecular weight excluding hydrogens is 326 g/mol. The van der Waals surface area contributed by atoms with Crippen molar-refractivity contribution in [2.45, 2.75) is 37.1 Å². The largest absolute Gasteiger partial charge is 0.396 e. The number of rotatable bonds is 7. The maximum atomic E-state index is 11.9. The van der Waals surface area contributed by atoms with E-state index in [4.69, 9.17) is 5.11 Å². The highest BCUT2D eigenvalue weighted by atomic mass is 79.9. The van der Waals surface area contributed by atoms with Gasteiger partial charge in [0.25, 0.3) is 0 Å². The lowest BCUT2D eigenvalue weighted by atomic mass is 9.95. The third-order valence-corrected chi connectivity index (χ3v) is 4.54. The van der Waals surface area contributed by atoms with Gasteiger partial charge in [0.05, 0.1) is 5.75 Å². The van der Waals surface area contributed by atoms with Gasteiger partial charge in [0.1, 0.15) is 0 Å². The standard InChI is InChI=1S/C14H20BrNO2S/c1-3-14(2,7-8-17)16-13(18)10-19-12-6-4-5-11(15)9-12/h4-6,9,17H,3,7-8,10H2,1-2H3,(H,16,18). The molecule has 1 amide bonds. The lowest BCUT2D eigenvalue weighted by Gasteiger charge is -2.28. The van der Waals surface area contributed by atoms with Crippen molar-refractivity contribution in [3.8, 4) is 0 Å². The Kier molecular flexibility index (Phi) is 6.89. The average molecular weight is 346 g/mol. The highest BCUT2D eigenvalue weighted by molar-refractivity contribution is 9.10. The zero-order valence-corrected chi connectivity index (χ0v) is 13.7. The number of hydrogen-bond acceptors (Lipinski definition) is 3.